The minimum absolute atomic E-state index is 0.266. The molecule has 0 saturated carbocycles. The van der Waals surface area contributed by atoms with Crippen molar-refractivity contribution in [3.05, 3.63) is 59.7 Å². The number of hydrogen-bond donors (Lipinski definition) is 1. The van der Waals surface area contributed by atoms with Gasteiger partial charge >= 0.3 is 0 Å². The molecule has 0 bridgehead atoms. The number of nitrogens with two attached hydrogens (primary N) is 1. The first-order valence-electron chi connectivity index (χ1n) is 6.27. The van der Waals surface area contributed by atoms with Gasteiger partial charge in [0.05, 0.1) is 4.90 Å². The largest absolute Gasteiger partial charge is 0.399 e. The third-order valence-corrected chi connectivity index (χ3v) is 5.00. The zero-order valence-electron chi connectivity index (χ0n) is 11.6. The molecule has 0 saturated heterocycles. The molecule has 4 nitrogen and oxygen atoms in total. The van der Waals surface area contributed by atoms with E-state index >= 15 is 0 Å². The average molecular weight is 290 g/mol. The highest BCUT2D eigenvalue weighted by Crippen LogP contribution is 2.20. The van der Waals surface area contributed by atoms with E-state index in [0.717, 1.165) is 11.1 Å². The number of nitrogen functional groups attached to an aromatic ring is 1. The van der Waals surface area contributed by atoms with Crippen molar-refractivity contribution in [3.8, 4) is 0 Å². The van der Waals surface area contributed by atoms with Gasteiger partial charge in [-0.2, -0.15) is 4.31 Å². The molecule has 0 heterocycles. The van der Waals surface area contributed by atoms with Gasteiger partial charge in [0, 0.05) is 19.3 Å². The molecule has 0 atom stereocenters. The van der Waals surface area contributed by atoms with Crippen LogP contribution in [0.3, 0.4) is 0 Å². The van der Waals surface area contributed by atoms with Crippen LogP contribution < -0.4 is 5.73 Å². The van der Waals surface area contributed by atoms with Gasteiger partial charge in [0.1, 0.15) is 0 Å². The molecule has 5 heteroatoms. The Morgan fingerprint density at radius 2 is 1.75 bits per heavy atom. The highest BCUT2D eigenvalue weighted by Gasteiger charge is 2.21. The number of hydrogen-bond acceptors (Lipinski definition) is 3. The third-order valence-electron chi connectivity index (χ3n) is 3.20. The smallest absolute Gasteiger partial charge is 0.243 e. The van der Waals surface area contributed by atoms with Crippen LogP contribution in [0.25, 0.3) is 0 Å². The van der Waals surface area contributed by atoms with E-state index in [-0.39, 0.29) is 4.90 Å². The molecule has 2 N–H and O–H groups in total. The summed E-state index contributed by atoms with van der Waals surface area (Å²) in [7, 11) is -1.92. The van der Waals surface area contributed by atoms with Crippen LogP contribution in [0.15, 0.2) is 53.4 Å². The fourth-order valence-electron chi connectivity index (χ4n) is 1.91. The standard InChI is InChI=1S/C15H18N2O2S/c1-12-10-14(8-9-15(12)16)20(18,19)17(2)11-13-6-4-3-5-7-13/h3-10H,11,16H2,1-2H3. The van der Waals surface area contributed by atoms with Crippen molar-refractivity contribution < 1.29 is 8.42 Å². The summed E-state index contributed by atoms with van der Waals surface area (Å²) in [5.74, 6) is 0. The van der Waals surface area contributed by atoms with Gasteiger partial charge in [-0.25, -0.2) is 8.42 Å². The first-order valence-corrected chi connectivity index (χ1v) is 7.71. The predicted octanol–water partition coefficient (Wildman–Crippen LogP) is 2.40. The van der Waals surface area contributed by atoms with Gasteiger partial charge in [0.15, 0.2) is 0 Å². The lowest BCUT2D eigenvalue weighted by Gasteiger charge is -2.18. The summed E-state index contributed by atoms with van der Waals surface area (Å²) < 4.78 is 26.3. The SMILES string of the molecule is Cc1cc(S(=O)(=O)N(C)Cc2ccccc2)ccc1N. The summed E-state index contributed by atoms with van der Waals surface area (Å²) in [6.07, 6.45) is 0. The second kappa shape index (κ2) is 5.64. The van der Waals surface area contributed by atoms with E-state index < -0.39 is 10.0 Å². The molecule has 0 spiro atoms. The Labute approximate surface area is 119 Å². The summed E-state index contributed by atoms with van der Waals surface area (Å²) in [5.41, 5.74) is 8.03. The number of sulfonamides is 1. The van der Waals surface area contributed by atoms with Crippen molar-refractivity contribution in [2.45, 2.75) is 18.4 Å². The van der Waals surface area contributed by atoms with E-state index in [2.05, 4.69) is 0 Å². The van der Waals surface area contributed by atoms with Gasteiger partial charge in [-0.1, -0.05) is 30.3 Å². The zero-order chi connectivity index (χ0) is 14.8. The summed E-state index contributed by atoms with van der Waals surface area (Å²) >= 11 is 0. The molecule has 0 aliphatic rings. The van der Waals surface area contributed by atoms with Crippen molar-refractivity contribution in [1.82, 2.24) is 4.31 Å². The van der Waals surface area contributed by atoms with Gasteiger partial charge in [0.25, 0.3) is 0 Å². The van der Waals surface area contributed by atoms with Crippen LogP contribution in [0.2, 0.25) is 0 Å². The molecule has 20 heavy (non-hydrogen) atoms. The third kappa shape index (κ3) is 3.00. The summed E-state index contributed by atoms with van der Waals surface area (Å²) in [4.78, 5) is 0.266. The normalized spacial score (nSPS) is 11.8. The fraction of sp³-hybridized carbons (Fsp3) is 0.200. The number of benzene rings is 2. The highest BCUT2D eigenvalue weighted by atomic mass is 32.2. The predicted molar refractivity (Wildman–Crippen MR) is 80.7 cm³/mol. The molecule has 0 radical (unpaired) electrons. The molecule has 0 aliphatic heterocycles. The van der Waals surface area contributed by atoms with E-state index in [1.54, 1.807) is 32.2 Å². The Kier molecular flexibility index (Phi) is 4.11. The zero-order valence-corrected chi connectivity index (χ0v) is 12.4. The molecule has 0 fully saturated rings. The summed E-state index contributed by atoms with van der Waals surface area (Å²) in [6.45, 7) is 2.14. The molecular weight excluding hydrogens is 272 g/mol. The van der Waals surface area contributed by atoms with Crippen molar-refractivity contribution in [2.75, 3.05) is 12.8 Å². The van der Waals surface area contributed by atoms with Gasteiger partial charge in [-0.15, -0.1) is 0 Å². The fourth-order valence-corrected chi connectivity index (χ4v) is 3.16. The summed E-state index contributed by atoms with van der Waals surface area (Å²) in [6, 6.07) is 14.3. The van der Waals surface area contributed by atoms with Crippen LogP contribution in [0.1, 0.15) is 11.1 Å². The van der Waals surface area contributed by atoms with Crippen LogP contribution in [0.4, 0.5) is 5.69 Å². The minimum Gasteiger partial charge on any atom is -0.399 e. The number of aryl methyl sites for hydroxylation is 1. The number of nitrogens with zero attached hydrogens (tertiary/aromatic N) is 1. The molecule has 2 aromatic carbocycles. The molecule has 0 aromatic heterocycles. The van der Waals surface area contributed by atoms with Crippen LogP contribution in [-0.4, -0.2) is 19.8 Å². The van der Waals surface area contributed by atoms with E-state index in [1.807, 2.05) is 30.3 Å². The van der Waals surface area contributed by atoms with Crippen molar-refractivity contribution in [2.24, 2.45) is 0 Å². The maximum Gasteiger partial charge on any atom is 0.243 e. The molecule has 0 aliphatic carbocycles. The van der Waals surface area contributed by atoms with Crippen LogP contribution in [0.5, 0.6) is 0 Å². The molecular formula is C15H18N2O2S. The van der Waals surface area contributed by atoms with Crippen LogP contribution in [-0.2, 0) is 16.6 Å². The Morgan fingerprint density at radius 1 is 1.10 bits per heavy atom. The van der Waals surface area contributed by atoms with Crippen molar-refractivity contribution >= 4 is 15.7 Å². The monoisotopic (exact) mass is 290 g/mol. The molecule has 2 aromatic rings. The van der Waals surface area contributed by atoms with Gasteiger partial charge in [-0.3, -0.25) is 0 Å². The topological polar surface area (TPSA) is 63.4 Å². The quantitative estimate of drug-likeness (QED) is 0.879. The van der Waals surface area contributed by atoms with E-state index in [4.69, 9.17) is 5.73 Å². The first-order chi connectivity index (χ1) is 9.41. The highest BCUT2D eigenvalue weighted by molar-refractivity contribution is 7.89. The molecule has 2 rings (SSSR count). The summed E-state index contributed by atoms with van der Waals surface area (Å²) in [5, 5.41) is 0. The second-order valence-corrected chi connectivity index (χ2v) is 6.81. The van der Waals surface area contributed by atoms with Gasteiger partial charge in [0.2, 0.25) is 10.0 Å². The Balaban J connectivity index is 2.27. The Bertz CT molecular complexity index is 697. The van der Waals surface area contributed by atoms with Crippen LogP contribution in [0, 0.1) is 6.92 Å². The lowest BCUT2D eigenvalue weighted by atomic mass is 10.2. The molecule has 0 amide bonds. The minimum atomic E-state index is -3.50. The first kappa shape index (κ1) is 14.6. The second-order valence-electron chi connectivity index (χ2n) is 4.77. The van der Waals surface area contributed by atoms with Crippen molar-refractivity contribution in [3.63, 3.8) is 0 Å². The average Bonchev–Trinajstić information content (AvgIpc) is 2.42. The lowest BCUT2D eigenvalue weighted by molar-refractivity contribution is 0.466. The number of anilines is 1. The Hall–Kier alpha value is -1.85. The molecule has 106 valence electrons. The van der Waals surface area contributed by atoms with E-state index in [9.17, 15) is 8.42 Å². The van der Waals surface area contributed by atoms with Crippen molar-refractivity contribution in [1.29, 1.82) is 0 Å². The maximum absolute atomic E-state index is 12.5. The maximum atomic E-state index is 12.5. The van der Waals surface area contributed by atoms with E-state index in [0.29, 0.717) is 12.2 Å². The van der Waals surface area contributed by atoms with Crippen LogP contribution >= 0.6 is 0 Å². The van der Waals surface area contributed by atoms with E-state index in [1.165, 1.54) is 4.31 Å². The lowest BCUT2D eigenvalue weighted by Crippen LogP contribution is -2.26. The Morgan fingerprint density at radius 3 is 2.35 bits per heavy atom. The van der Waals surface area contributed by atoms with Gasteiger partial charge < -0.3 is 5.73 Å². The number of rotatable bonds is 4. The van der Waals surface area contributed by atoms with Gasteiger partial charge in [-0.05, 0) is 36.2 Å². The molecule has 0 unspecified atom stereocenters.